The molecule has 0 aliphatic heterocycles. The van der Waals surface area contributed by atoms with E-state index in [-0.39, 0.29) is 18.1 Å². The highest BCUT2D eigenvalue weighted by Gasteiger charge is 2.20. The van der Waals surface area contributed by atoms with Crippen molar-refractivity contribution in [2.75, 3.05) is 14.1 Å². The minimum absolute atomic E-state index is 0.159. The minimum atomic E-state index is -3.53. The van der Waals surface area contributed by atoms with Gasteiger partial charge < -0.3 is 0 Å². The van der Waals surface area contributed by atoms with Gasteiger partial charge in [-0.25, -0.2) is 4.68 Å². The van der Waals surface area contributed by atoms with Gasteiger partial charge in [-0.3, -0.25) is 4.79 Å². The third-order valence-electron chi connectivity index (χ3n) is 4.21. The molecule has 8 heteroatoms. The van der Waals surface area contributed by atoms with E-state index in [1.165, 1.54) is 18.8 Å². The summed E-state index contributed by atoms with van der Waals surface area (Å²) >= 11 is 0. The van der Waals surface area contributed by atoms with Gasteiger partial charge >= 0.3 is 0 Å². The van der Waals surface area contributed by atoms with Gasteiger partial charge in [-0.15, -0.1) is 0 Å². The SMILES string of the molecule is CC[C@@H](Cn1nc2c(cc1=O)CCCCC2)NS(=O)(=O)N(C)C. The van der Waals surface area contributed by atoms with Gasteiger partial charge in [0.15, 0.2) is 0 Å². The van der Waals surface area contributed by atoms with Gasteiger partial charge in [0.05, 0.1) is 12.2 Å². The number of fused-ring (bicyclic) bond motifs is 1. The van der Waals surface area contributed by atoms with Crippen LogP contribution in [0.2, 0.25) is 0 Å². The predicted molar refractivity (Wildman–Crippen MR) is 89.6 cm³/mol. The zero-order chi connectivity index (χ0) is 17.0. The molecule has 1 aliphatic rings. The number of aromatic nitrogens is 2. The lowest BCUT2D eigenvalue weighted by Crippen LogP contribution is -2.45. The van der Waals surface area contributed by atoms with Crippen molar-refractivity contribution in [3.05, 3.63) is 27.7 Å². The average molecular weight is 342 g/mol. The van der Waals surface area contributed by atoms with Gasteiger partial charge in [-0.05, 0) is 37.7 Å². The molecule has 1 aromatic heterocycles. The summed E-state index contributed by atoms with van der Waals surface area (Å²) in [6.07, 6.45) is 5.71. The molecule has 23 heavy (non-hydrogen) atoms. The molecule has 130 valence electrons. The Morgan fingerprint density at radius 1 is 1.30 bits per heavy atom. The van der Waals surface area contributed by atoms with E-state index in [2.05, 4.69) is 9.82 Å². The maximum absolute atomic E-state index is 12.3. The quantitative estimate of drug-likeness (QED) is 0.771. The van der Waals surface area contributed by atoms with Gasteiger partial charge in [0.25, 0.3) is 15.8 Å². The number of hydrogen-bond acceptors (Lipinski definition) is 4. The molecule has 1 aromatic rings. The Labute approximate surface area is 137 Å². The van der Waals surface area contributed by atoms with Crippen molar-refractivity contribution in [1.82, 2.24) is 18.8 Å². The Morgan fingerprint density at radius 2 is 2.00 bits per heavy atom. The smallest absolute Gasteiger partial charge is 0.268 e. The first-order valence-electron chi connectivity index (χ1n) is 8.13. The summed E-state index contributed by atoms with van der Waals surface area (Å²) in [5.41, 5.74) is 1.87. The maximum atomic E-state index is 12.3. The third-order valence-corrected chi connectivity index (χ3v) is 5.80. The largest absolute Gasteiger partial charge is 0.279 e. The Hall–Kier alpha value is -1.25. The molecule has 0 spiro atoms. The van der Waals surface area contributed by atoms with Crippen LogP contribution in [0.5, 0.6) is 0 Å². The summed E-state index contributed by atoms with van der Waals surface area (Å²) in [7, 11) is -0.577. The highest BCUT2D eigenvalue weighted by molar-refractivity contribution is 7.87. The lowest BCUT2D eigenvalue weighted by atomic mass is 10.1. The monoisotopic (exact) mass is 342 g/mol. The third kappa shape index (κ3) is 4.62. The van der Waals surface area contributed by atoms with Gasteiger partial charge in [0.2, 0.25) is 0 Å². The molecule has 1 aliphatic carbocycles. The van der Waals surface area contributed by atoms with Crippen LogP contribution in [0.25, 0.3) is 0 Å². The van der Waals surface area contributed by atoms with Crippen molar-refractivity contribution in [2.24, 2.45) is 0 Å². The molecule has 1 N–H and O–H groups in total. The fourth-order valence-electron chi connectivity index (χ4n) is 2.68. The first-order valence-corrected chi connectivity index (χ1v) is 9.57. The van der Waals surface area contributed by atoms with Crippen molar-refractivity contribution in [1.29, 1.82) is 0 Å². The van der Waals surface area contributed by atoms with Crippen molar-refractivity contribution >= 4 is 10.2 Å². The maximum Gasteiger partial charge on any atom is 0.279 e. The van der Waals surface area contributed by atoms with Gasteiger partial charge in [0, 0.05) is 26.2 Å². The van der Waals surface area contributed by atoms with Crippen molar-refractivity contribution in [3.8, 4) is 0 Å². The van der Waals surface area contributed by atoms with Crippen LogP contribution >= 0.6 is 0 Å². The molecule has 0 fully saturated rings. The summed E-state index contributed by atoms with van der Waals surface area (Å²) in [6, 6.07) is 1.30. The zero-order valence-electron chi connectivity index (χ0n) is 14.1. The van der Waals surface area contributed by atoms with Crippen LogP contribution in [0.4, 0.5) is 0 Å². The van der Waals surface area contributed by atoms with E-state index in [1.807, 2.05) is 6.92 Å². The van der Waals surface area contributed by atoms with Crippen LogP contribution in [0.15, 0.2) is 10.9 Å². The second kappa shape index (κ2) is 7.55. The van der Waals surface area contributed by atoms with E-state index in [1.54, 1.807) is 6.07 Å². The predicted octanol–water partition coefficient (Wildman–Crippen LogP) is 0.687. The Morgan fingerprint density at radius 3 is 2.65 bits per heavy atom. The van der Waals surface area contributed by atoms with Crippen molar-refractivity contribution < 1.29 is 8.42 Å². The molecule has 0 unspecified atom stereocenters. The van der Waals surface area contributed by atoms with Crippen molar-refractivity contribution in [3.63, 3.8) is 0 Å². The summed E-state index contributed by atoms with van der Waals surface area (Å²) in [4.78, 5) is 12.3. The van der Waals surface area contributed by atoms with Crippen LogP contribution in [0.1, 0.15) is 43.9 Å². The minimum Gasteiger partial charge on any atom is -0.268 e. The molecule has 1 heterocycles. The first-order chi connectivity index (χ1) is 10.8. The van der Waals surface area contributed by atoms with Gasteiger partial charge in [-0.2, -0.15) is 22.5 Å². The summed E-state index contributed by atoms with van der Waals surface area (Å²) in [5.74, 6) is 0. The summed E-state index contributed by atoms with van der Waals surface area (Å²) in [5, 5.41) is 4.49. The zero-order valence-corrected chi connectivity index (χ0v) is 14.9. The molecule has 0 saturated heterocycles. The van der Waals surface area contributed by atoms with E-state index in [0.717, 1.165) is 47.7 Å². The fourth-order valence-corrected chi connectivity index (χ4v) is 3.56. The summed E-state index contributed by atoms with van der Waals surface area (Å²) < 4.78 is 29.1. The van der Waals surface area contributed by atoms with Gasteiger partial charge in [-0.1, -0.05) is 13.3 Å². The van der Waals surface area contributed by atoms with Crippen LogP contribution in [0, 0.1) is 0 Å². The molecule has 0 bridgehead atoms. The topological polar surface area (TPSA) is 84.3 Å². The lowest BCUT2D eigenvalue weighted by Gasteiger charge is -2.21. The van der Waals surface area contributed by atoms with Gasteiger partial charge in [0.1, 0.15) is 0 Å². The standard InChI is InChI=1S/C15H26N4O3S/c1-4-13(17-23(21,22)18(2)3)11-19-15(20)10-12-8-6-5-7-9-14(12)16-19/h10,13,17H,4-9,11H2,1-3H3/t13-/m0/s1. The van der Waals surface area contributed by atoms with Crippen LogP contribution < -0.4 is 10.3 Å². The number of aryl methyl sites for hydroxylation is 2. The first kappa shape index (κ1) is 18.1. The molecule has 0 aromatic carbocycles. The molecular weight excluding hydrogens is 316 g/mol. The lowest BCUT2D eigenvalue weighted by molar-refractivity contribution is 0.425. The molecule has 1 atom stereocenters. The highest BCUT2D eigenvalue weighted by atomic mass is 32.2. The number of nitrogens with zero attached hydrogens (tertiary/aromatic N) is 3. The van der Waals surface area contributed by atoms with E-state index in [9.17, 15) is 13.2 Å². The Bertz CT molecular complexity index is 697. The number of nitrogens with one attached hydrogen (secondary N) is 1. The molecule has 2 rings (SSSR count). The fraction of sp³-hybridized carbons (Fsp3) is 0.733. The highest BCUT2D eigenvalue weighted by Crippen LogP contribution is 2.17. The van der Waals surface area contributed by atoms with Crippen LogP contribution in [0.3, 0.4) is 0 Å². The molecule has 0 saturated carbocycles. The van der Waals surface area contributed by atoms with Crippen LogP contribution in [-0.2, 0) is 29.6 Å². The molecule has 0 radical (unpaired) electrons. The normalized spacial score (nSPS) is 16.9. The van der Waals surface area contributed by atoms with E-state index >= 15 is 0 Å². The second-order valence-corrected chi connectivity index (χ2v) is 8.12. The Balaban J connectivity index is 2.21. The van der Waals surface area contributed by atoms with E-state index < -0.39 is 10.2 Å². The number of hydrogen-bond donors (Lipinski definition) is 1. The molecule has 0 amide bonds. The molecule has 7 nitrogen and oxygen atoms in total. The Kier molecular flexibility index (Phi) is 5.94. The second-order valence-electron chi connectivity index (χ2n) is 6.21. The van der Waals surface area contributed by atoms with Crippen LogP contribution in [-0.4, -0.2) is 42.6 Å². The van der Waals surface area contributed by atoms with E-state index in [4.69, 9.17) is 0 Å². The number of rotatable bonds is 6. The van der Waals surface area contributed by atoms with E-state index in [0.29, 0.717) is 6.42 Å². The summed E-state index contributed by atoms with van der Waals surface area (Å²) in [6.45, 7) is 2.13. The average Bonchev–Trinajstić information content (AvgIpc) is 2.71. The molecular formula is C15H26N4O3S. The van der Waals surface area contributed by atoms with Crippen molar-refractivity contribution in [2.45, 2.75) is 58.0 Å².